The molecule has 1 aliphatic rings. The molecule has 0 bridgehead atoms. The van der Waals surface area contributed by atoms with Crippen LogP contribution in [0.2, 0.25) is 0 Å². The highest BCUT2D eigenvalue weighted by Crippen LogP contribution is 2.42. The molecule has 0 unspecified atom stereocenters. The molecule has 3 heterocycles. The molecule has 28 heavy (non-hydrogen) atoms. The molecule has 0 saturated carbocycles. The van der Waals surface area contributed by atoms with E-state index in [1.165, 1.54) is 22.9 Å². The number of carbonyl (C=O) groups is 1. The van der Waals surface area contributed by atoms with Crippen LogP contribution in [0.3, 0.4) is 0 Å². The predicted molar refractivity (Wildman–Crippen MR) is 95.4 cm³/mol. The van der Waals surface area contributed by atoms with Crippen molar-refractivity contribution in [1.82, 2.24) is 19.9 Å². The third-order valence-electron chi connectivity index (χ3n) is 3.60. The molecule has 0 atom stereocenters. The van der Waals surface area contributed by atoms with Crippen molar-refractivity contribution in [2.75, 3.05) is 16.9 Å². The summed E-state index contributed by atoms with van der Waals surface area (Å²) in [6, 6.07) is 7.49. The van der Waals surface area contributed by atoms with Gasteiger partial charge in [-0.25, -0.2) is 4.68 Å². The Labute approximate surface area is 160 Å². The van der Waals surface area contributed by atoms with Gasteiger partial charge in [0.1, 0.15) is 0 Å². The maximum atomic E-state index is 13.0. The lowest BCUT2D eigenvalue weighted by atomic mass is 10.3. The zero-order valence-electron chi connectivity index (χ0n) is 14.0. The number of aromatic nitrogens is 4. The van der Waals surface area contributed by atoms with E-state index in [0.717, 1.165) is 11.8 Å². The van der Waals surface area contributed by atoms with E-state index in [2.05, 4.69) is 30.0 Å². The normalized spacial score (nSPS) is 14.1. The summed E-state index contributed by atoms with van der Waals surface area (Å²) in [5, 5.41) is 10.9. The molecule has 3 aromatic rings. The Morgan fingerprint density at radius 1 is 1.25 bits per heavy atom. The first-order chi connectivity index (χ1) is 13.4. The number of hydrogen-bond donors (Lipinski definition) is 2. The maximum Gasteiger partial charge on any atom is 0.586 e. The number of nitrogen functional groups attached to an aromatic ring is 1. The van der Waals surface area contributed by atoms with E-state index >= 15 is 0 Å². The van der Waals surface area contributed by atoms with E-state index in [1.54, 1.807) is 24.5 Å². The second kappa shape index (κ2) is 6.96. The Balaban J connectivity index is 1.38. The molecule has 0 radical (unpaired) electrons. The van der Waals surface area contributed by atoms with E-state index < -0.39 is 6.29 Å². The third-order valence-corrected chi connectivity index (χ3v) is 4.54. The van der Waals surface area contributed by atoms with Crippen molar-refractivity contribution in [3.63, 3.8) is 0 Å². The molecule has 1 amide bonds. The number of carbonyl (C=O) groups excluding carboxylic acids is 1. The van der Waals surface area contributed by atoms with Crippen molar-refractivity contribution in [2.45, 2.75) is 11.5 Å². The molecule has 2 aromatic heterocycles. The summed E-state index contributed by atoms with van der Waals surface area (Å²) in [6.45, 7) is 0. The molecular formula is C16H12F2N6O3S. The molecule has 4 rings (SSSR count). The number of benzene rings is 1. The number of thioether (sulfide) groups is 1. The van der Waals surface area contributed by atoms with E-state index in [-0.39, 0.29) is 28.8 Å². The lowest BCUT2D eigenvalue weighted by molar-refractivity contribution is -0.286. The zero-order chi connectivity index (χ0) is 19.7. The lowest BCUT2D eigenvalue weighted by Crippen LogP contribution is -2.25. The summed E-state index contributed by atoms with van der Waals surface area (Å²) in [4.78, 5) is 16.1. The number of fused-ring (bicyclic) bond motifs is 1. The highest BCUT2D eigenvalue weighted by molar-refractivity contribution is 7.99. The van der Waals surface area contributed by atoms with Gasteiger partial charge in [0.2, 0.25) is 11.1 Å². The summed E-state index contributed by atoms with van der Waals surface area (Å²) in [6.07, 6.45) is -0.492. The number of halogens is 2. The summed E-state index contributed by atoms with van der Waals surface area (Å²) >= 11 is 1.07. The van der Waals surface area contributed by atoms with Crippen LogP contribution < -0.4 is 20.6 Å². The van der Waals surface area contributed by atoms with E-state index in [1.807, 2.05) is 0 Å². The molecule has 1 aliphatic heterocycles. The van der Waals surface area contributed by atoms with Crippen LogP contribution in [0, 0.1) is 0 Å². The number of amides is 1. The van der Waals surface area contributed by atoms with Gasteiger partial charge >= 0.3 is 6.29 Å². The predicted octanol–water partition coefficient (Wildman–Crippen LogP) is 2.11. The number of nitrogens with two attached hydrogens (primary N) is 1. The summed E-state index contributed by atoms with van der Waals surface area (Å²) in [7, 11) is 0. The van der Waals surface area contributed by atoms with Gasteiger partial charge < -0.3 is 20.6 Å². The fourth-order valence-electron chi connectivity index (χ4n) is 2.42. The average Bonchev–Trinajstić information content (AvgIpc) is 3.18. The number of ether oxygens (including phenoxy) is 2. The van der Waals surface area contributed by atoms with Crippen molar-refractivity contribution >= 4 is 23.4 Å². The highest BCUT2D eigenvalue weighted by atomic mass is 32.2. The van der Waals surface area contributed by atoms with Crippen LogP contribution in [-0.2, 0) is 4.79 Å². The summed E-state index contributed by atoms with van der Waals surface area (Å²) in [5.74, 6) is 5.72. The quantitative estimate of drug-likeness (QED) is 0.489. The molecular weight excluding hydrogens is 394 g/mol. The second-order valence-electron chi connectivity index (χ2n) is 5.58. The Morgan fingerprint density at radius 3 is 2.86 bits per heavy atom. The third kappa shape index (κ3) is 3.67. The van der Waals surface area contributed by atoms with Crippen molar-refractivity contribution in [2.24, 2.45) is 0 Å². The second-order valence-corrected chi connectivity index (χ2v) is 6.53. The minimum absolute atomic E-state index is 0.0209. The molecule has 0 aliphatic carbocycles. The molecule has 9 nitrogen and oxygen atoms in total. The van der Waals surface area contributed by atoms with Crippen molar-refractivity contribution < 1.29 is 23.0 Å². The van der Waals surface area contributed by atoms with Crippen LogP contribution in [-0.4, -0.2) is 37.8 Å². The Kier molecular flexibility index (Phi) is 4.47. The Hall–Kier alpha value is -3.41. The smallest absolute Gasteiger partial charge is 0.395 e. The minimum Gasteiger partial charge on any atom is -0.395 e. The number of alkyl halides is 2. The number of anilines is 1. The van der Waals surface area contributed by atoms with Crippen LogP contribution in [0.25, 0.3) is 11.4 Å². The van der Waals surface area contributed by atoms with Crippen LogP contribution in [0.5, 0.6) is 11.5 Å². The van der Waals surface area contributed by atoms with Crippen molar-refractivity contribution in [3.05, 3.63) is 42.7 Å². The number of hydrogen-bond acceptors (Lipinski definition) is 8. The first kappa shape index (κ1) is 18.0. The van der Waals surface area contributed by atoms with Gasteiger partial charge in [0.15, 0.2) is 17.3 Å². The zero-order valence-corrected chi connectivity index (χ0v) is 14.8. The molecule has 0 fully saturated rings. The van der Waals surface area contributed by atoms with Crippen LogP contribution in [0.15, 0.2) is 47.9 Å². The van der Waals surface area contributed by atoms with Crippen molar-refractivity contribution in [3.8, 4) is 22.9 Å². The summed E-state index contributed by atoms with van der Waals surface area (Å²) < 4.78 is 36.0. The fourth-order valence-corrected chi connectivity index (χ4v) is 3.08. The molecule has 0 spiro atoms. The topological polar surface area (TPSA) is 117 Å². The van der Waals surface area contributed by atoms with Crippen LogP contribution in [0.4, 0.5) is 14.5 Å². The fraction of sp³-hybridized carbons (Fsp3) is 0.125. The molecule has 0 saturated heterocycles. The maximum absolute atomic E-state index is 13.0. The average molecular weight is 406 g/mol. The van der Waals surface area contributed by atoms with Crippen LogP contribution >= 0.6 is 11.8 Å². The molecule has 3 N–H and O–H groups in total. The monoisotopic (exact) mass is 406 g/mol. The molecule has 12 heteroatoms. The first-order valence-corrected chi connectivity index (χ1v) is 8.83. The van der Waals surface area contributed by atoms with E-state index in [0.29, 0.717) is 16.5 Å². The van der Waals surface area contributed by atoms with Crippen molar-refractivity contribution in [1.29, 1.82) is 0 Å². The van der Waals surface area contributed by atoms with Crippen LogP contribution in [0.1, 0.15) is 0 Å². The summed E-state index contributed by atoms with van der Waals surface area (Å²) in [5.41, 5.74) is 0.974. The number of nitrogens with zero attached hydrogens (tertiary/aromatic N) is 4. The standard InChI is InChI=1S/C16H12F2N6O3S/c17-16(18)26-11-4-3-10(6-12(11)27-16)21-13(25)8-28-15-23-22-14(24(15)19)9-2-1-5-20-7-9/h1-7H,8,19H2,(H,21,25). The van der Waals surface area contributed by atoms with Gasteiger partial charge in [0.05, 0.1) is 5.75 Å². The van der Waals surface area contributed by atoms with Gasteiger partial charge in [-0.15, -0.1) is 19.0 Å². The molecule has 1 aromatic carbocycles. The first-order valence-electron chi connectivity index (χ1n) is 7.85. The Morgan fingerprint density at radius 2 is 2.07 bits per heavy atom. The van der Waals surface area contributed by atoms with Gasteiger partial charge in [0.25, 0.3) is 0 Å². The van der Waals surface area contributed by atoms with Gasteiger partial charge in [-0.1, -0.05) is 11.8 Å². The van der Waals surface area contributed by atoms with Gasteiger partial charge in [-0.05, 0) is 24.3 Å². The van der Waals surface area contributed by atoms with E-state index in [4.69, 9.17) is 5.84 Å². The number of nitrogens with one attached hydrogen (secondary N) is 1. The largest absolute Gasteiger partial charge is 0.586 e. The van der Waals surface area contributed by atoms with Gasteiger partial charge in [-0.3, -0.25) is 9.78 Å². The van der Waals surface area contributed by atoms with Gasteiger partial charge in [0, 0.05) is 29.7 Å². The number of rotatable bonds is 5. The SMILES string of the molecule is Nn1c(SCC(=O)Nc2ccc3c(c2)OC(F)(F)O3)nnc1-c1cccnc1. The lowest BCUT2D eigenvalue weighted by Gasteiger charge is -2.06. The highest BCUT2D eigenvalue weighted by Gasteiger charge is 2.43. The van der Waals surface area contributed by atoms with E-state index in [9.17, 15) is 13.6 Å². The van der Waals surface area contributed by atoms with Gasteiger partial charge in [-0.2, -0.15) is 0 Å². The molecule has 144 valence electrons. The Bertz CT molecular complexity index is 1030. The minimum atomic E-state index is -3.71. The number of pyridine rings is 1.